The van der Waals surface area contributed by atoms with E-state index in [2.05, 4.69) is 5.32 Å². The molecule has 1 heterocycles. The first-order valence-electron chi connectivity index (χ1n) is 11.6. The van der Waals surface area contributed by atoms with Gasteiger partial charge >= 0.3 is 6.03 Å². The second kappa shape index (κ2) is 12.3. The highest BCUT2D eigenvalue weighted by Gasteiger charge is 2.25. The Labute approximate surface area is 205 Å². The van der Waals surface area contributed by atoms with Crippen LogP contribution < -0.4 is 5.32 Å². The van der Waals surface area contributed by atoms with E-state index in [1.165, 1.54) is 12.1 Å². The summed E-state index contributed by atoms with van der Waals surface area (Å²) < 4.78 is 13.4. The Balaban J connectivity index is 1.79. The molecule has 5 nitrogen and oxygen atoms in total. The van der Waals surface area contributed by atoms with E-state index in [9.17, 15) is 14.0 Å². The molecule has 2 aromatic carbocycles. The van der Waals surface area contributed by atoms with Crippen LogP contribution in [0.1, 0.15) is 43.2 Å². The Morgan fingerprint density at radius 1 is 1.00 bits per heavy atom. The average molecular weight is 482 g/mol. The van der Waals surface area contributed by atoms with Crippen LogP contribution in [0.5, 0.6) is 0 Å². The van der Waals surface area contributed by atoms with Gasteiger partial charge in [0.2, 0.25) is 5.91 Å². The number of benzene rings is 2. The van der Waals surface area contributed by atoms with Gasteiger partial charge in [0.25, 0.3) is 0 Å². The lowest BCUT2D eigenvalue weighted by molar-refractivity contribution is -0.133. The molecule has 1 atom stereocenters. The van der Waals surface area contributed by atoms with E-state index < -0.39 is 0 Å². The van der Waals surface area contributed by atoms with E-state index in [4.69, 9.17) is 0 Å². The molecule has 1 N–H and O–H groups in total. The second-order valence-corrected chi connectivity index (χ2v) is 9.31. The van der Waals surface area contributed by atoms with E-state index >= 15 is 0 Å². The van der Waals surface area contributed by atoms with Gasteiger partial charge in [0.15, 0.2) is 0 Å². The van der Waals surface area contributed by atoms with E-state index in [0.29, 0.717) is 13.1 Å². The van der Waals surface area contributed by atoms with Crippen LogP contribution in [0.25, 0.3) is 0 Å². The van der Waals surface area contributed by atoms with Gasteiger partial charge in [0, 0.05) is 23.2 Å². The minimum atomic E-state index is -0.313. The number of rotatable bonds is 10. The van der Waals surface area contributed by atoms with Gasteiger partial charge in [-0.05, 0) is 60.5 Å². The number of thiophene rings is 1. The number of nitrogens with zero attached hydrogens (tertiary/aromatic N) is 2. The molecule has 0 fully saturated rings. The van der Waals surface area contributed by atoms with Crippen LogP contribution in [0.2, 0.25) is 0 Å². The van der Waals surface area contributed by atoms with Gasteiger partial charge in [-0.3, -0.25) is 4.79 Å². The second-order valence-electron chi connectivity index (χ2n) is 8.28. The molecule has 34 heavy (non-hydrogen) atoms. The summed E-state index contributed by atoms with van der Waals surface area (Å²) in [6.45, 7) is 6.72. The molecule has 3 rings (SSSR count). The molecule has 1 aromatic heterocycles. The molecule has 180 valence electrons. The van der Waals surface area contributed by atoms with Crippen molar-refractivity contribution in [3.63, 3.8) is 0 Å². The third-order valence-corrected chi connectivity index (χ3v) is 6.76. The molecule has 0 aliphatic carbocycles. The number of urea groups is 1. The zero-order valence-electron chi connectivity index (χ0n) is 20.0. The van der Waals surface area contributed by atoms with Crippen LogP contribution in [0, 0.1) is 5.82 Å². The predicted octanol–water partition coefficient (Wildman–Crippen LogP) is 6.31. The largest absolute Gasteiger partial charge is 0.332 e. The first kappa shape index (κ1) is 25.4. The van der Waals surface area contributed by atoms with Gasteiger partial charge in [-0.15, -0.1) is 11.3 Å². The predicted molar refractivity (Wildman–Crippen MR) is 136 cm³/mol. The van der Waals surface area contributed by atoms with Crippen LogP contribution in [0.15, 0.2) is 66.0 Å². The average Bonchev–Trinajstić information content (AvgIpc) is 3.36. The highest BCUT2D eigenvalue weighted by atomic mass is 32.1. The van der Waals surface area contributed by atoms with Gasteiger partial charge in [0.1, 0.15) is 12.4 Å². The van der Waals surface area contributed by atoms with Crippen LogP contribution >= 0.6 is 11.3 Å². The van der Waals surface area contributed by atoms with Gasteiger partial charge < -0.3 is 15.1 Å². The van der Waals surface area contributed by atoms with Crippen LogP contribution in [0.4, 0.5) is 14.9 Å². The SMILES string of the molecule is CCc1ccccc1NC(=O)N(CC(=O)N(Cc1ccc(F)cc1)Cc1cccs1)C(C)CC. The number of para-hydroxylation sites is 1. The summed E-state index contributed by atoms with van der Waals surface area (Å²) in [6.07, 6.45) is 1.52. The summed E-state index contributed by atoms with van der Waals surface area (Å²) in [6, 6.07) is 17.4. The third-order valence-electron chi connectivity index (χ3n) is 5.90. The minimum absolute atomic E-state index is 0.0400. The van der Waals surface area contributed by atoms with Crippen LogP contribution in [-0.4, -0.2) is 34.3 Å². The van der Waals surface area contributed by atoms with E-state index in [1.807, 2.05) is 62.5 Å². The lowest BCUT2D eigenvalue weighted by atomic mass is 10.1. The zero-order chi connectivity index (χ0) is 24.5. The Bertz CT molecular complexity index is 1070. The fourth-order valence-corrected chi connectivity index (χ4v) is 4.38. The Morgan fingerprint density at radius 2 is 1.74 bits per heavy atom. The Kier molecular flexibility index (Phi) is 9.22. The lowest BCUT2D eigenvalue weighted by Gasteiger charge is -2.31. The normalized spacial score (nSPS) is 11.6. The smallest absolute Gasteiger partial charge is 0.322 e. The number of hydrogen-bond acceptors (Lipinski definition) is 3. The number of hydrogen-bond donors (Lipinski definition) is 1. The highest BCUT2D eigenvalue weighted by molar-refractivity contribution is 7.09. The summed E-state index contributed by atoms with van der Waals surface area (Å²) >= 11 is 1.58. The molecule has 0 spiro atoms. The van der Waals surface area contributed by atoms with Gasteiger partial charge in [-0.2, -0.15) is 0 Å². The molecule has 0 saturated carbocycles. The molecule has 0 aliphatic heterocycles. The molecule has 0 radical (unpaired) electrons. The number of aryl methyl sites for hydroxylation is 1. The number of halogens is 1. The van der Waals surface area contributed by atoms with E-state index in [1.54, 1.807) is 33.3 Å². The van der Waals surface area contributed by atoms with Crippen molar-refractivity contribution >= 4 is 29.0 Å². The van der Waals surface area contributed by atoms with Crippen molar-refractivity contribution < 1.29 is 14.0 Å². The summed E-state index contributed by atoms with van der Waals surface area (Å²) in [7, 11) is 0. The maximum atomic E-state index is 13.5. The fraction of sp³-hybridized carbons (Fsp3) is 0.333. The van der Waals surface area contributed by atoms with E-state index in [0.717, 1.165) is 34.5 Å². The van der Waals surface area contributed by atoms with Crippen molar-refractivity contribution in [1.29, 1.82) is 0 Å². The molecule has 7 heteroatoms. The van der Waals surface area contributed by atoms with Crippen molar-refractivity contribution in [2.45, 2.75) is 52.7 Å². The maximum Gasteiger partial charge on any atom is 0.322 e. The minimum Gasteiger partial charge on any atom is -0.332 e. The standard InChI is InChI=1S/C27H32FN3O2S/c1-4-20(3)31(27(33)29-25-11-7-6-9-22(25)5-2)19-26(32)30(18-24-10-8-16-34-24)17-21-12-14-23(28)15-13-21/h6-16,20H,4-5,17-19H2,1-3H3,(H,29,33). The van der Waals surface area contributed by atoms with Gasteiger partial charge in [-0.25, -0.2) is 9.18 Å². The zero-order valence-corrected chi connectivity index (χ0v) is 20.8. The first-order valence-corrected chi connectivity index (χ1v) is 12.5. The van der Waals surface area contributed by atoms with Crippen molar-refractivity contribution in [2.24, 2.45) is 0 Å². The fourth-order valence-electron chi connectivity index (χ4n) is 3.66. The molecule has 3 amide bonds. The number of amides is 3. The lowest BCUT2D eigenvalue weighted by Crippen LogP contribution is -2.48. The summed E-state index contributed by atoms with van der Waals surface area (Å²) in [5.74, 6) is -0.469. The van der Waals surface area contributed by atoms with Crippen LogP contribution in [-0.2, 0) is 24.3 Å². The molecular weight excluding hydrogens is 449 g/mol. The first-order chi connectivity index (χ1) is 16.4. The monoisotopic (exact) mass is 481 g/mol. The van der Waals surface area contributed by atoms with Crippen LogP contribution in [0.3, 0.4) is 0 Å². The van der Waals surface area contributed by atoms with Crippen molar-refractivity contribution in [3.05, 3.63) is 87.9 Å². The molecule has 0 saturated heterocycles. The molecule has 1 unspecified atom stereocenters. The molecule has 0 aliphatic rings. The van der Waals surface area contributed by atoms with Crippen molar-refractivity contribution in [1.82, 2.24) is 9.80 Å². The van der Waals surface area contributed by atoms with Gasteiger partial charge in [0.05, 0.1) is 6.54 Å². The summed E-state index contributed by atoms with van der Waals surface area (Å²) in [4.78, 5) is 31.1. The number of nitrogens with one attached hydrogen (secondary N) is 1. The van der Waals surface area contributed by atoms with Crippen molar-refractivity contribution in [2.75, 3.05) is 11.9 Å². The Hall–Kier alpha value is -3.19. The van der Waals surface area contributed by atoms with Crippen molar-refractivity contribution in [3.8, 4) is 0 Å². The molecule has 3 aromatic rings. The number of anilines is 1. The third kappa shape index (κ3) is 6.90. The Morgan fingerprint density at radius 3 is 2.38 bits per heavy atom. The van der Waals surface area contributed by atoms with Gasteiger partial charge in [-0.1, -0.05) is 50.2 Å². The topological polar surface area (TPSA) is 52.7 Å². The molecular formula is C27H32FN3O2S. The number of carbonyl (C=O) groups is 2. The highest BCUT2D eigenvalue weighted by Crippen LogP contribution is 2.19. The maximum absolute atomic E-state index is 13.5. The quantitative estimate of drug-likeness (QED) is 0.369. The molecule has 0 bridgehead atoms. The summed E-state index contributed by atoms with van der Waals surface area (Å²) in [5.41, 5.74) is 2.64. The van der Waals surface area contributed by atoms with E-state index in [-0.39, 0.29) is 30.3 Å². The summed E-state index contributed by atoms with van der Waals surface area (Å²) in [5, 5.41) is 4.97. The number of carbonyl (C=O) groups excluding carboxylic acids is 2.